The Hall–Kier alpha value is -2.76. The molecular formula is C22H28N6O4S. The predicted molar refractivity (Wildman–Crippen MR) is 124 cm³/mol. The summed E-state index contributed by atoms with van der Waals surface area (Å²) in [6.45, 7) is 6.68. The normalized spacial score (nSPS) is 19.8. The van der Waals surface area contributed by atoms with E-state index in [1.807, 2.05) is 13.0 Å². The Morgan fingerprint density at radius 1 is 0.939 bits per heavy atom. The molecule has 2 aromatic rings. The van der Waals surface area contributed by atoms with Gasteiger partial charge in [0.15, 0.2) is 0 Å². The van der Waals surface area contributed by atoms with Crippen molar-refractivity contribution in [3.63, 3.8) is 0 Å². The lowest BCUT2D eigenvalue weighted by Crippen LogP contribution is -2.49. The summed E-state index contributed by atoms with van der Waals surface area (Å²) in [6, 6.07) is 6.91. The molecule has 1 amide bonds. The summed E-state index contributed by atoms with van der Waals surface area (Å²) in [6.07, 6.45) is 0.927. The van der Waals surface area contributed by atoms with Gasteiger partial charge < -0.3 is 19.9 Å². The number of amides is 1. The molecule has 0 radical (unpaired) electrons. The summed E-state index contributed by atoms with van der Waals surface area (Å²) < 4.78 is 33.5. The first kappa shape index (κ1) is 22.1. The lowest BCUT2D eigenvalue weighted by molar-refractivity contribution is -0.116. The zero-order valence-corrected chi connectivity index (χ0v) is 19.5. The first-order valence-corrected chi connectivity index (χ1v) is 12.7. The number of sulfonamides is 1. The van der Waals surface area contributed by atoms with Gasteiger partial charge in [0.1, 0.15) is 5.82 Å². The van der Waals surface area contributed by atoms with Crippen LogP contribution in [0.4, 0.5) is 17.5 Å². The topological polar surface area (TPSA) is 108 Å². The monoisotopic (exact) mass is 472 g/mol. The first-order valence-electron chi connectivity index (χ1n) is 11.3. The van der Waals surface area contributed by atoms with Crippen LogP contribution in [0.15, 0.2) is 29.2 Å². The molecule has 0 spiro atoms. The Bertz CT molecular complexity index is 1160. The van der Waals surface area contributed by atoms with E-state index in [9.17, 15) is 13.2 Å². The molecule has 33 heavy (non-hydrogen) atoms. The number of hydrogen-bond acceptors (Lipinski definition) is 8. The Kier molecular flexibility index (Phi) is 5.94. The fourth-order valence-electron chi connectivity index (χ4n) is 4.43. The van der Waals surface area contributed by atoms with E-state index in [0.717, 1.165) is 30.2 Å². The summed E-state index contributed by atoms with van der Waals surface area (Å²) in [4.78, 5) is 25.4. The van der Waals surface area contributed by atoms with Gasteiger partial charge in [-0.1, -0.05) is 0 Å². The summed E-state index contributed by atoms with van der Waals surface area (Å²) in [5.74, 6) is 1.49. The minimum Gasteiger partial charge on any atom is -0.378 e. The number of nitrogens with zero attached hydrogens (tertiary/aromatic N) is 5. The van der Waals surface area contributed by atoms with Gasteiger partial charge in [-0.2, -0.15) is 9.29 Å². The van der Waals surface area contributed by atoms with Crippen molar-refractivity contribution in [3.05, 3.63) is 35.5 Å². The molecule has 3 aliphatic heterocycles. The summed E-state index contributed by atoms with van der Waals surface area (Å²) in [5, 5.41) is 2.80. The Labute approximate surface area is 193 Å². The number of carbonyl (C=O) groups excluding carboxylic acids is 1. The van der Waals surface area contributed by atoms with E-state index >= 15 is 0 Å². The van der Waals surface area contributed by atoms with Gasteiger partial charge in [0.05, 0.1) is 18.1 Å². The maximum absolute atomic E-state index is 13.3. The van der Waals surface area contributed by atoms with Gasteiger partial charge >= 0.3 is 0 Å². The fraction of sp³-hybridized carbons (Fsp3) is 0.500. The Morgan fingerprint density at radius 3 is 2.45 bits per heavy atom. The largest absolute Gasteiger partial charge is 0.378 e. The van der Waals surface area contributed by atoms with Gasteiger partial charge in [-0.05, 0) is 37.1 Å². The summed E-state index contributed by atoms with van der Waals surface area (Å²) >= 11 is 0. The molecule has 2 fully saturated rings. The number of piperazine rings is 1. The molecule has 0 atom stereocenters. The average Bonchev–Trinajstić information content (AvgIpc) is 2.84. The van der Waals surface area contributed by atoms with Gasteiger partial charge in [0.2, 0.25) is 21.9 Å². The van der Waals surface area contributed by atoms with Crippen molar-refractivity contribution < 1.29 is 17.9 Å². The second kappa shape index (κ2) is 8.88. The molecule has 2 saturated heterocycles. The average molecular weight is 473 g/mol. The molecule has 0 unspecified atom stereocenters. The summed E-state index contributed by atoms with van der Waals surface area (Å²) in [5.41, 5.74) is 2.45. The molecular weight excluding hydrogens is 444 g/mol. The van der Waals surface area contributed by atoms with E-state index in [0.29, 0.717) is 63.9 Å². The second-order valence-electron chi connectivity index (χ2n) is 8.53. The lowest BCUT2D eigenvalue weighted by Gasteiger charge is -2.35. The minimum absolute atomic E-state index is 0.0361. The number of anilines is 3. The second-order valence-corrected chi connectivity index (χ2v) is 10.5. The maximum atomic E-state index is 13.3. The van der Waals surface area contributed by atoms with Gasteiger partial charge in [-0.15, -0.1) is 0 Å². The maximum Gasteiger partial charge on any atom is 0.243 e. The van der Waals surface area contributed by atoms with E-state index < -0.39 is 10.0 Å². The predicted octanol–water partition coefficient (Wildman–Crippen LogP) is 1.02. The molecule has 4 heterocycles. The lowest BCUT2D eigenvalue weighted by atomic mass is 10.0. The number of aryl methyl sites for hydroxylation is 2. The van der Waals surface area contributed by atoms with E-state index in [1.165, 1.54) is 4.31 Å². The molecule has 0 aliphatic carbocycles. The number of hydrogen-bond donors (Lipinski definition) is 1. The van der Waals surface area contributed by atoms with Crippen LogP contribution in [-0.2, 0) is 26.0 Å². The van der Waals surface area contributed by atoms with Crippen molar-refractivity contribution >= 4 is 33.4 Å². The van der Waals surface area contributed by atoms with Crippen LogP contribution >= 0.6 is 0 Å². The zero-order chi connectivity index (χ0) is 23.0. The SMILES string of the molecule is Cc1cc(N2CCN(S(=O)(=O)c3ccc4c(c3)CCC(=O)N4)CC2)nc(N2CCOCC2)n1. The third kappa shape index (κ3) is 4.53. The van der Waals surface area contributed by atoms with Crippen LogP contribution in [0.3, 0.4) is 0 Å². The molecule has 0 bridgehead atoms. The molecule has 176 valence electrons. The van der Waals surface area contributed by atoms with Crippen molar-refractivity contribution in [2.24, 2.45) is 0 Å². The number of benzene rings is 1. The van der Waals surface area contributed by atoms with Crippen LogP contribution < -0.4 is 15.1 Å². The van der Waals surface area contributed by atoms with Crippen molar-refractivity contribution in [1.29, 1.82) is 0 Å². The van der Waals surface area contributed by atoms with Gasteiger partial charge in [0.25, 0.3) is 0 Å². The molecule has 1 N–H and O–H groups in total. The van der Waals surface area contributed by atoms with Crippen molar-refractivity contribution in [1.82, 2.24) is 14.3 Å². The van der Waals surface area contributed by atoms with Gasteiger partial charge in [-0.25, -0.2) is 13.4 Å². The number of fused-ring (bicyclic) bond motifs is 1. The van der Waals surface area contributed by atoms with E-state index in [2.05, 4.69) is 20.1 Å². The van der Waals surface area contributed by atoms with Crippen molar-refractivity contribution in [3.8, 4) is 0 Å². The zero-order valence-electron chi connectivity index (χ0n) is 18.7. The smallest absolute Gasteiger partial charge is 0.243 e. The van der Waals surface area contributed by atoms with E-state index in [1.54, 1.807) is 18.2 Å². The number of nitrogens with one attached hydrogen (secondary N) is 1. The molecule has 11 heteroatoms. The quantitative estimate of drug-likeness (QED) is 0.703. The van der Waals surface area contributed by atoms with Crippen LogP contribution in [-0.4, -0.2) is 81.1 Å². The van der Waals surface area contributed by atoms with E-state index in [4.69, 9.17) is 9.72 Å². The number of aromatic nitrogens is 2. The number of rotatable bonds is 4. The van der Waals surface area contributed by atoms with Gasteiger partial charge in [0, 0.05) is 63.1 Å². The number of carbonyl (C=O) groups is 1. The van der Waals surface area contributed by atoms with Crippen LogP contribution in [0.25, 0.3) is 0 Å². The van der Waals surface area contributed by atoms with Crippen LogP contribution in [0.5, 0.6) is 0 Å². The summed E-state index contributed by atoms with van der Waals surface area (Å²) in [7, 11) is -3.61. The number of ether oxygens (including phenoxy) is 1. The number of morpholine rings is 1. The first-order chi connectivity index (χ1) is 15.9. The highest BCUT2D eigenvalue weighted by molar-refractivity contribution is 7.89. The Morgan fingerprint density at radius 2 is 1.70 bits per heavy atom. The standard InChI is InChI=1S/C22H28N6O4S/c1-16-14-20(25-22(23-16)27-10-12-32-13-11-27)26-6-8-28(9-7-26)33(30,31)18-3-4-19-17(15-18)2-5-21(29)24-19/h3-4,14-15H,2,5-13H2,1H3,(H,24,29). The highest BCUT2D eigenvalue weighted by Gasteiger charge is 2.30. The third-order valence-electron chi connectivity index (χ3n) is 6.30. The third-order valence-corrected chi connectivity index (χ3v) is 8.19. The molecule has 0 saturated carbocycles. The van der Waals surface area contributed by atoms with E-state index in [-0.39, 0.29) is 10.8 Å². The van der Waals surface area contributed by atoms with Crippen LogP contribution in [0.2, 0.25) is 0 Å². The molecule has 1 aromatic carbocycles. The minimum atomic E-state index is -3.61. The molecule has 3 aliphatic rings. The highest BCUT2D eigenvalue weighted by Crippen LogP contribution is 2.28. The van der Waals surface area contributed by atoms with Crippen molar-refractivity contribution in [2.75, 3.05) is 67.6 Å². The van der Waals surface area contributed by atoms with Crippen molar-refractivity contribution in [2.45, 2.75) is 24.7 Å². The van der Waals surface area contributed by atoms with Gasteiger partial charge in [-0.3, -0.25) is 4.79 Å². The Balaban J connectivity index is 1.29. The molecule has 5 rings (SSSR count). The van der Waals surface area contributed by atoms with Crippen LogP contribution in [0, 0.1) is 6.92 Å². The molecule has 1 aromatic heterocycles. The molecule has 10 nitrogen and oxygen atoms in total. The fourth-order valence-corrected chi connectivity index (χ4v) is 5.90. The highest BCUT2D eigenvalue weighted by atomic mass is 32.2. The van der Waals surface area contributed by atoms with Crippen LogP contribution in [0.1, 0.15) is 17.7 Å².